The van der Waals surface area contributed by atoms with E-state index in [0.29, 0.717) is 0 Å². The van der Waals surface area contributed by atoms with Crippen LogP contribution in [0, 0.1) is 0 Å². The fourth-order valence-corrected chi connectivity index (χ4v) is 1.95. The second-order valence-electron chi connectivity index (χ2n) is 4.22. The zero-order valence-corrected chi connectivity index (χ0v) is 8.84. The molecule has 0 bridgehead atoms. The Balaban J connectivity index is 2.21. The molecule has 0 amide bonds. The van der Waals surface area contributed by atoms with Crippen LogP contribution in [0.2, 0.25) is 0 Å². The third-order valence-corrected chi connectivity index (χ3v) is 2.70. The minimum absolute atomic E-state index is 0.386. The number of hydrogen-bond acceptors (Lipinski definition) is 2. The Labute approximate surface area is 81.2 Å². The molecule has 1 aliphatic rings. The first kappa shape index (κ1) is 10.7. The predicted octanol–water partition coefficient (Wildman–Crippen LogP) is 1.80. The molecular weight excluding hydrogens is 162 g/mol. The molecule has 1 fully saturated rings. The molecule has 0 atom stereocenters. The number of β-amino-alcohol motifs (C(OH)–C–C–N with tert-alkyl or cyclic N) is 1. The molecule has 0 radical (unpaired) electrons. The fraction of sp³-hybridized carbons (Fsp3) is 0.818. The van der Waals surface area contributed by atoms with E-state index in [9.17, 15) is 5.11 Å². The van der Waals surface area contributed by atoms with Gasteiger partial charge in [-0.1, -0.05) is 32.4 Å². The Hall–Kier alpha value is -0.340. The highest BCUT2D eigenvalue weighted by Gasteiger charge is 2.39. The topological polar surface area (TPSA) is 23.5 Å². The van der Waals surface area contributed by atoms with Crippen molar-refractivity contribution in [1.82, 2.24) is 4.90 Å². The second kappa shape index (κ2) is 4.25. The number of aliphatic hydroxyl groups is 1. The summed E-state index contributed by atoms with van der Waals surface area (Å²) in [6.45, 7) is 10.8. The first-order valence-corrected chi connectivity index (χ1v) is 5.21. The van der Waals surface area contributed by atoms with Crippen molar-refractivity contribution in [3.05, 3.63) is 12.2 Å². The van der Waals surface area contributed by atoms with Gasteiger partial charge >= 0.3 is 0 Å². The van der Waals surface area contributed by atoms with E-state index in [2.05, 4.69) is 25.3 Å². The summed E-state index contributed by atoms with van der Waals surface area (Å²) in [6.07, 6.45) is 3.05. The van der Waals surface area contributed by atoms with E-state index in [0.717, 1.165) is 38.9 Å². The summed E-state index contributed by atoms with van der Waals surface area (Å²) in [5.74, 6) is 0. The van der Waals surface area contributed by atoms with Crippen LogP contribution < -0.4 is 0 Å². The summed E-state index contributed by atoms with van der Waals surface area (Å²) in [5, 5.41) is 9.89. The molecule has 0 aromatic rings. The first-order valence-electron chi connectivity index (χ1n) is 5.21. The fourth-order valence-electron chi connectivity index (χ4n) is 1.95. The van der Waals surface area contributed by atoms with Gasteiger partial charge in [0.05, 0.1) is 5.60 Å². The summed E-state index contributed by atoms with van der Waals surface area (Å²) in [6, 6.07) is 0. The van der Waals surface area contributed by atoms with Crippen molar-refractivity contribution < 1.29 is 5.11 Å². The molecule has 1 heterocycles. The van der Waals surface area contributed by atoms with Crippen LogP contribution >= 0.6 is 0 Å². The lowest BCUT2D eigenvalue weighted by Crippen LogP contribution is -2.61. The van der Waals surface area contributed by atoms with Crippen LogP contribution in [-0.4, -0.2) is 35.2 Å². The predicted molar refractivity (Wildman–Crippen MR) is 55.7 cm³/mol. The lowest BCUT2D eigenvalue weighted by Gasteiger charge is -2.47. The van der Waals surface area contributed by atoms with Crippen LogP contribution in [0.25, 0.3) is 0 Å². The molecule has 0 aromatic carbocycles. The van der Waals surface area contributed by atoms with E-state index in [1.54, 1.807) is 0 Å². The van der Waals surface area contributed by atoms with Gasteiger partial charge < -0.3 is 5.11 Å². The number of nitrogens with zero attached hydrogens (tertiary/aromatic N) is 1. The molecule has 0 aliphatic carbocycles. The molecule has 76 valence electrons. The highest BCUT2D eigenvalue weighted by atomic mass is 16.3. The normalized spacial score (nSPS) is 21.2. The zero-order valence-electron chi connectivity index (χ0n) is 8.84. The van der Waals surface area contributed by atoms with Gasteiger partial charge in [-0.3, -0.25) is 4.90 Å². The lowest BCUT2D eigenvalue weighted by atomic mass is 9.89. The van der Waals surface area contributed by atoms with Crippen molar-refractivity contribution in [3.63, 3.8) is 0 Å². The van der Waals surface area contributed by atoms with Crippen molar-refractivity contribution in [3.8, 4) is 0 Å². The summed E-state index contributed by atoms with van der Waals surface area (Å²) >= 11 is 0. The van der Waals surface area contributed by atoms with E-state index in [-0.39, 0.29) is 5.60 Å². The maximum absolute atomic E-state index is 9.89. The van der Waals surface area contributed by atoms with Crippen molar-refractivity contribution in [2.45, 2.75) is 38.7 Å². The SMILES string of the molecule is C=C(CC)CN1CC(O)(CCC)C1. The standard InChI is InChI=1S/C11H21NO/c1-4-6-11(13)8-12(9-11)7-10(3)5-2/h13H,3-9H2,1-2H3. The molecule has 0 unspecified atom stereocenters. The lowest BCUT2D eigenvalue weighted by molar-refractivity contribution is -0.0988. The average molecular weight is 183 g/mol. The molecule has 1 N–H and O–H groups in total. The molecule has 0 saturated carbocycles. The first-order chi connectivity index (χ1) is 6.09. The van der Waals surface area contributed by atoms with E-state index in [1.165, 1.54) is 5.57 Å². The van der Waals surface area contributed by atoms with E-state index in [4.69, 9.17) is 0 Å². The quantitative estimate of drug-likeness (QED) is 0.657. The smallest absolute Gasteiger partial charge is 0.0900 e. The average Bonchev–Trinajstić information content (AvgIpc) is 2.02. The van der Waals surface area contributed by atoms with Gasteiger partial charge in [0.1, 0.15) is 0 Å². The van der Waals surface area contributed by atoms with Crippen LogP contribution in [0.15, 0.2) is 12.2 Å². The van der Waals surface area contributed by atoms with Crippen molar-refractivity contribution in [2.24, 2.45) is 0 Å². The van der Waals surface area contributed by atoms with Crippen molar-refractivity contribution in [1.29, 1.82) is 0 Å². The van der Waals surface area contributed by atoms with Gasteiger partial charge in [0.15, 0.2) is 0 Å². The molecular formula is C11H21NO. The molecule has 13 heavy (non-hydrogen) atoms. The maximum atomic E-state index is 9.89. The Morgan fingerprint density at radius 1 is 1.46 bits per heavy atom. The van der Waals surface area contributed by atoms with Crippen LogP contribution in [0.4, 0.5) is 0 Å². The molecule has 2 nitrogen and oxygen atoms in total. The second-order valence-corrected chi connectivity index (χ2v) is 4.22. The van der Waals surface area contributed by atoms with Gasteiger partial charge in [0, 0.05) is 19.6 Å². The van der Waals surface area contributed by atoms with E-state index >= 15 is 0 Å². The van der Waals surface area contributed by atoms with Crippen LogP contribution in [0.5, 0.6) is 0 Å². The van der Waals surface area contributed by atoms with Gasteiger partial charge in [-0.2, -0.15) is 0 Å². The molecule has 1 saturated heterocycles. The highest BCUT2D eigenvalue weighted by Crippen LogP contribution is 2.26. The van der Waals surface area contributed by atoms with Gasteiger partial charge in [-0.05, 0) is 12.8 Å². The Bertz CT molecular complexity index is 183. The minimum atomic E-state index is -0.386. The summed E-state index contributed by atoms with van der Waals surface area (Å²) < 4.78 is 0. The van der Waals surface area contributed by atoms with Crippen LogP contribution in [0.3, 0.4) is 0 Å². The number of hydrogen-bond donors (Lipinski definition) is 1. The van der Waals surface area contributed by atoms with Crippen molar-refractivity contribution >= 4 is 0 Å². The number of likely N-dealkylation sites (tertiary alicyclic amines) is 1. The zero-order chi connectivity index (χ0) is 9.90. The Morgan fingerprint density at radius 3 is 2.54 bits per heavy atom. The van der Waals surface area contributed by atoms with Crippen LogP contribution in [-0.2, 0) is 0 Å². The Kier molecular flexibility index (Phi) is 3.51. The summed E-state index contributed by atoms with van der Waals surface area (Å²) in [5.41, 5.74) is 0.876. The molecule has 1 rings (SSSR count). The van der Waals surface area contributed by atoms with E-state index < -0.39 is 0 Å². The molecule has 0 aromatic heterocycles. The van der Waals surface area contributed by atoms with Crippen molar-refractivity contribution in [2.75, 3.05) is 19.6 Å². The summed E-state index contributed by atoms with van der Waals surface area (Å²) in [7, 11) is 0. The van der Waals surface area contributed by atoms with Gasteiger partial charge in [-0.25, -0.2) is 0 Å². The Morgan fingerprint density at radius 2 is 2.08 bits per heavy atom. The van der Waals surface area contributed by atoms with Crippen LogP contribution in [0.1, 0.15) is 33.1 Å². The van der Waals surface area contributed by atoms with Gasteiger partial charge in [-0.15, -0.1) is 0 Å². The molecule has 2 heteroatoms. The third-order valence-electron chi connectivity index (χ3n) is 2.70. The molecule has 0 spiro atoms. The molecule has 1 aliphatic heterocycles. The monoisotopic (exact) mass is 183 g/mol. The van der Waals surface area contributed by atoms with Gasteiger partial charge in [0.2, 0.25) is 0 Å². The summed E-state index contributed by atoms with van der Waals surface area (Å²) in [4.78, 5) is 2.27. The third kappa shape index (κ3) is 2.82. The van der Waals surface area contributed by atoms with E-state index in [1.807, 2.05) is 0 Å². The van der Waals surface area contributed by atoms with Gasteiger partial charge in [0.25, 0.3) is 0 Å². The highest BCUT2D eigenvalue weighted by molar-refractivity contribution is 5.03. The minimum Gasteiger partial charge on any atom is -0.387 e. The maximum Gasteiger partial charge on any atom is 0.0900 e. The number of rotatable bonds is 5. The largest absolute Gasteiger partial charge is 0.387 e.